The van der Waals surface area contributed by atoms with Crippen LogP contribution in [0.25, 0.3) is 0 Å². The third kappa shape index (κ3) is 4.36. The minimum absolute atomic E-state index is 0.0212. The first kappa shape index (κ1) is 19.3. The smallest absolute Gasteiger partial charge is 0.160 e. The Morgan fingerprint density at radius 2 is 1.82 bits per heavy atom. The van der Waals surface area contributed by atoms with E-state index in [1.54, 1.807) is 18.9 Å². The van der Waals surface area contributed by atoms with Gasteiger partial charge in [-0.3, -0.25) is 4.99 Å². The molecule has 0 spiro atoms. The summed E-state index contributed by atoms with van der Waals surface area (Å²) >= 11 is 1.69. The molecule has 2 aliphatic rings. The quantitative estimate of drug-likeness (QED) is 0.725. The molecule has 28 heavy (non-hydrogen) atoms. The fraction of sp³-hybridized carbons (Fsp3) is 0.381. The second-order valence-corrected chi connectivity index (χ2v) is 10.3. The average Bonchev–Trinajstić information content (AvgIpc) is 3.17. The Balaban J connectivity index is 1.46. The molecule has 7 heteroatoms. The topological polar surface area (TPSA) is 59.0 Å². The predicted octanol–water partition coefficient (Wildman–Crippen LogP) is 3.01. The molecule has 148 valence electrons. The van der Waals surface area contributed by atoms with Crippen LogP contribution in [0.3, 0.4) is 0 Å². The molecule has 0 N–H and O–H groups in total. The van der Waals surface area contributed by atoms with Crippen LogP contribution in [0.5, 0.6) is 5.75 Å². The van der Waals surface area contributed by atoms with Gasteiger partial charge in [0.25, 0.3) is 0 Å². The molecule has 0 aromatic heterocycles. The fourth-order valence-electron chi connectivity index (χ4n) is 3.73. The summed E-state index contributed by atoms with van der Waals surface area (Å²) in [4.78, 5) is 7.01. The highest BCUT2D eigenvalue weighted by Crippen LogP contribution is 2.32. The van der Waals surface area contributed by atoms with Crippen molar-refractivity contribution in [3.05, 3.63) is 65.7 Å². The molecule has 2 heterocycles. The first-order valence-electron chi connectivity index (χ1n) is 9.38. The van der Waals surface area contributed by atoms with E-state index in [9.17, 15) is 8.42 Å². The number of ether oxygens (including phenoxy) is 1. The second-order valence-electron chi connectivity index (χ2n) is 7.19. The average molecular weight is 417 g/mol. The Hall–Kier alpha value is -1.99. The summed E-state index contributed by atoms with van der Waals surface area (Å²) in [5.74, 6) is 2.03. The van der Waals surface area contributed by atoms with E-state index in [1.165, 1.54) is 11.1 Å². The maximum absolute atomic E-state index is 12.1. The number of hydrogen-bond donors (Lipinski definition) is 0. The summed E-state index contributed by atoms with van der Waals surface area (Å²) in [6, 6.07) is 18.2. The molecule has 2 aromatic carbocycles. The van der Waals surface area contributed by atoms with Gasteiger partial charge in [0, 0.05) is 12.3 Å². The van der Waals surface area contributed by atoms with E-state index in [0.29, 0.717) is 0 Å². The number of rotatable bonds is 6. The standard InChI is InChI=1S/C21H24N2O3S2/c1-26-18-9-7-17(8-10-18)13-27-21-22-19-14-28(24,25)15-20(19)23(21)12-11-16-5-3-2-4-6-16/h2-10,19-20H,11-15H2,1H3/t19-,20+/m0/s1. The monoisotopic (exact) mass is 416 g/mol. The molecule has 0 aliphatic carbocycles. The van der Waals surface area contributed by atoms with Crippen molar-refractivity contribution in [1.82, 2.24) is 4.90 Å². The van der Waals surface area contributed by atoms with Crippen LogP contribution in [0.15, 0.2) is 59.6 Å². The van der Waals surface area contributed by atoms with Gasteiger partial charge < -0.3 is 9.64 Å². The van der Waals surface area contributed by atoms with Gasteiger partial charge in [-0.2, -0.15) is 0 Å². The van der Waals surface area contributed by atoms with Crippen molar-refractivity contribution in [1.29, 1.82) is 0 Å². The SMILES string of the molecule is COc1ccc(CSC2=N[C@H]3CS(=O)(=O)C[C@H]3N2CCc2ccccc2)cc1. The molecule has 4 rings (SSSR count). The number of sulfone groups is 1. The molecule has 2 atom stereocenters. The number of benzene rings is 2. The summed E-state index contributed by atoms with van der Waals surface area (Å²) in [5.41, 5.74) is 2.45. The lowest BCUT2D eigenvalue weighted by atomic mass is 10.1. The van der Waals surface area contributed by atoms with Crippen molar-refractivity contribution in [2.24, 2.45) is 4.99 Å². The summed E-state index contributed by atoms with van der Waals surface area (Å²) in [7, 11) is -1.33. The van der Waals surface area contributed by atoms with Gasteiger partial charge in [0.2, 0.25) is 0 Å². The van der Waals surface area contributed by atoms with Crippen molar-refractivity contribution in [2.75, 3.05) is 25.2 Å². The minimum Gasteiger partial charge on any atom is -0.497 e. The number of nitrogens with zero attached hydrogens (tertiary/aromatic N) is 2. The molecule has 0 bridgehead atoms. The molecule has 2 aromatic rings. The predicted molar refractivity (Wildman–Crippen MR) is 115 cm³/mol. The van der Waals surface area contributed by atoms with Crippen molar-refractivity contribution < 1.29 is 13.2 Å². The normalized spacial score (nSPS) is 22.8. The van der Waals surface area contributed by atoms with E-state index in [4.69, 9.17) is 9.73 Å². The van der Waals surface area contributed by atoms with Crippen LogP contribution < -0.4 is 4.74 Å². The number of hydrogen-bond acceptors (Lipinski definition) is 6. The molecule has 0 unspecified atom stereocenters. The van der Waals surface area contributed by atoms with Gasteiger partial charge in [0.1, 0.15) is 5.75 Å². The molecule has 1 fully saturated rings. The molecule has 0 radical (unpaired) electrons. The zero-order valence-electron chi connectivity index (χ0n) is 15.8. The van der Waals surface area contributed by atoms with Gasteiger partial charge in [-0.1, -0.05) is 54.2 Å². The van der Waals surface area contributed by atoms with E-state index in [-0.39, 0.29) is 23.6 Å². The van der Waals surface area contributed by atoms with E-state index in [2.05, 4.69) is 29.2 Å². The van der Waals surface area contributed by atoms with E-state index >= 15 is 0 Å². The van der Waals surface area contributed by atoms with Crippen LogP contribution in [0.4, 0.5) is 0 Å². The summed E-state index contributed by atoms with van der Waals surface area (Å²) < 4.78 is 29.4. The van der Waals surface area contributed by atoms with Crippen LogP contribution >= 0.6 is 11.8 Å². The van der Waals surface area contributed by atoms with Crippen molar-refractivity contribution >= 4 is 26.8 Å². The highest BCUT2D eigenvalue weighted by molar-refractivity contribution is 8.13. The first-order chi connectivity index (χ1) is 13.5. The highest BCUT2D eigenvalue weighted by Gasteiger charge is 2.46. The number of thioether (sulfide) groups is 1. The summed E-state index contributed by atoms with van der Waals surface area (Å²) in [5, 5.41) is 0.969. The zero-order chi connectivity index (χ0) is 19.6. The van der Waals surface area contributed by atoms with Gasteiger partial charge in [0.05, 0.1) is 30.7 Å². The second kappa shape index (κ2) is 8.17. The van der Waals surface area contributed by atoms with E-state index in [1.807, 2.05) is 30.3 Å². The van der Waals surface area contributed by atoms with Gasteiger partial charge in [0.15, 0.2) is 15.0 Å². The maximum Gasteiger partial charge on any atom is 0.160 e. The maximum atomic E-state index is 12.1. The third-order valence-electron chi connectivity index (χ3n) is 5.23. The first-order valence-corrected chi connectivity index (χ1v) is 12.2. The van der Waals surface area contributed by atoms with Crippen LogP contribution in [-0.4, -0.2) is 55.7 Å². The van der Waals surface area contributed by atoms with Crippen LogP contribution in [0.1, 0.15) is 11.1 Å². The van der Waals surface area contributed by atoms with Gasteiger partial charge in [-0.05, 0) is 29.7 Å². The Bertz CT molecular complexity index is 943. The van der Waals surface area contributed by atoms with Gasteiger partial charge in [-0.25, -0.2) is 8.42 Å². The number of amidine groups is 1. The van der Waals surface area contributed by atoms with E-state index in [0.717, 1.165) is 29.6 Å². The van der Waals surface area contributed by atoms with Crippen molar-refractivity contribution in [2.45, 2.75) is 24.3 Å². The Morgan fingerprint density at radius 3 is 2.54 bits per heavy atom. The Labute approximate surface area is 170 Å². The van der Waals surface area contributed by atoms with Crippen LogP contribution in [0, 0.1) is 0 Å². The van der Waals surface area contributed by atoms with Crippen molar-refractivity contribution in [3.63, 3.8) is 0 Å². The summed E-state index contributed by atoms with van der Waals surface area (Å²) in [6.07, 6.45) is 0.881. The largest absolute Gasteiger partial charge is 0.497 e. The Morgan fingerprint density at radius 1 is 1.07 bits per heavy atom. The summed E-state index contributed by atoms with van der Waals surface area (Å²) in [6.45, 7) is 0.787. The molecular formula is C21H24N2O3S2. The van der Waals surface area contributed by atoms with Crippen molar-refractivity contribution in [3.8, 4) is 5.75 Å². The highest BCUT2D eigenvalue weighted by atomic mass is 32.2. The molecule has 0 saturated carbocycles. The molecule has 0 amide bonds. The lowest BCUT2D eigenvalue weighted by molar-refractivity contribution is 0.352. The lowest BCUT2D eigenvalue weighted by Crippen LogP contribution is -2.40. The number of fused-ring (bicyclic) bond motifs is 1. The third-order valence-corrected chi connectivity index (χ3v) is 8.00. The minimum atomic E-state index is -2.99. The number of methoxy groups -OCH3 is 1. The van der Waals surface area contributed by atoms with E-state index < -0.39 is 9.84 Å². The van der Waals surface area contributed by atoms with Gasteiger partial charge in [-0.15, -0.1) is 0 Å². The number of aliphatic imine (C=N–C) groups is 1. The molecular weight excluding hydrogens is 392 g/mol. The zero-order valence-corrected chi connectivity index (χ0v) is 17.5. The van der Waals surface area contributed by atoms with Gasteiger partial charge >= 0.3 is 0 Å². The lowest BCUT2D eigenvalue weighted by Gasteiger charge is -2.26. The van der Waals surface area contributed by atoms with Crippen LogP contribution in [0.2, 0.25) is 0 Å². The van der Waals surface area contributed by atoms with Crippen LogP contribution in [-0.2, 0) is 22.0 Å². The Kier molecular flexibility index (Phi) is 5.64. The molecule has 2 aliphatic heterocycles. The molecule has 5 nitrogen and oxygen atoms in total. The fourth-order valence-corrected chi connectivity index (χ4v) is 6.70. The molecule has 1 saturated heterocycles.